The van der Waals surface area contributed by atoms with E-state index in [-0.39, 0.29) is 31.2 Å². The number of carbonyl (C=O) groups excluding carboxylic acids is 2. The lowest BCUT2D eigenvalue weighted by molar-refractivity contribution is -0.133. The van der Waals surface area contributed by atoms with Gasteiger partial charge in [0.05, 0.1) is 18.8 Å². The van der Waals surface area contributed by atoms with Gasteiger partial charge in [-0.3, -0.25) is 9.59 Å². The van der Waals surface area contributed by atoms with Crippen molar-refractivity contribution in [2.24, 2.45) is 5.10 Å². The van der Waals surface area contributed by atoms with Gasteiger partial charge in [0.2, 0.25) is 11.8 Å². The summed E-state index contributed by atoms with van der Waals surface area (Å²) >= 11 is 0. The Hall–Kier alpha value is -2.61. The number of nitrogens with zero attached hydrogens (tertiary/aromatic N) is 2. The molecule has 0 aromatic heterocycles. The molecule has 2 amide bonds. The van der Waals surface area contributed by atoms with E-state index in [0.717, 1.165) is 17.7 Å². The first kappa shape index (κ1) is 14.8. The Morgan fingerprint density at radius 1 is 1.29 bits per heavy atom. The molecule has 108 valence electrons. The van der Waals surface area contributed by atoms with E-state index in [0.29, 0.717) is 6.54 Å². The first-order valence-electron chi connectivity index (χ1n) is 6.84. The van der Waals surface area contributed by atoms with E-state index in [1.807, 2.05) is 30.3 Å². The van der Waals surface area contributed by atoms with Crippen molar-refractivity contribution in [2.45, 2.75) is 19.3 Å². The van der Waals surface area contributed by atoms with Crippen LogP contribution >= 0.6 is 0 Å². The van der Waals surface area contributed by atoms with E-state index in [1.165, 1.54) is 5.01 Å². The summed E-state index contributed by atoms with van der Waals surface area (Å²) in [4.78, 5) is 23.4. The molecule has 0 saturated heterocycles. The van der Waals surface area contributed by atoms with Crippen molar-refractivity contribution in [3.05, 3.63) is 35.9 Å². The second-order valence-electron chi connectivity index (χ2n) is 4.66. The normalized spacial score (nSPS) is 13.5. The molecule has 1 aromatic rings. The summed E-state index contributed by atoms with van der Waals surface area (Å²) in [5.41, 5.74) is 1.93. The minimum atomic E-state index is -0.215. The van der Waals surface area contributed by atoms with Crippen LogP contribution in [0.25, 0.3) is 0 Å². The minimum absolute atomic E-state index is 0.132. The average molecular weight is 283 g/mol. The number of terminal acetylenes is 1. The predicted molar refractivity (Wildman–Crippen MR) is 80.4 cm³/mol. The van der Waals surface area contributed by atoms with Crippen LogP contribution < -0.4 is 5.32 Å². The molecule has 0 aliphatic carbocycles. The zero-order valence-electron chi connectivity index (χ0n) is 11.7. The van der Waals surface area contributed by atoms with E-state index in [1.54, 1.807) is 0 Å². The van der Waals surface area contributed by atoms with Gasteiger partial charge in [0.1, 0.15) is 0 Å². The quantitative estimate of drug-likeness (QED) is 0.824. The molecular formula is C16H17N3O2. The summed E-state index contributed by atoms with van der Waals surface area (Å²) in [6, 6.07) is 9.77. The number of hydrazone groups is 1. The number of amides is 2. The Labute approximate surface area is 124 Å². The van der Waals surface area contributed by atoms with Crippen molar-refractivity contribution in [3.8, 4) is 12.3 Å². The highest BCUT2D eigenvalue weighted by molar-refractivity contribution is 6.02. The highest BCUT2D eigenvalue weighted by Gasteiger charge is 2.21. The number of nitrogens with one attached hydrogen (secondary N) is 1. The molecule has 5 heteroatoms. The van der Waals surface area contributed by atoms with E-state index >= 15 is 0 Å². The van der Waals surface area contributed by atoms with E-state index < -0.39 is 0 Å². The summed E-state index contributed by atoms with van der Waals surface area (Å²) in [5.74, 6) is 1.96. The number of rotatable bonds is 5. The van der Waals surface area contributed by atoms with Gasteiger partial charge < -0.3 is 5.32 Å². The van der Waals surface area contributed by atoms with Gasteiger partial charge in [-0.15, -0.1) is 6.42 Å². The molecule has 0 unspecified atom stereocenters. The first-order valence-corrected chi connectivity index (χ1v) is 6.84. The fourth-order valence-electron chi connectivity index (χ4n) is 2.06. The second-order valence-corrected chi connectivity index (χ2v) is 4.66. The van der Waals surface area contributed by atoms with Crippen LogP contribution in [0.5, 0.6) is 0 Å². The zero-order valence-corrected chi connectivity index (χ0v) is 11.7. The third-order valence-electron chi connectivity index (χ3n) is 3.15. The van der Waals surface area contributed by atoms with Gasteiger partial charge in [-0.2, -0.15) is 5.10 Å². The average Bonchev–Trinajstić information content (AvgIpc) is 3.01. The topological polar surface area (TPSA) is 61.8 Å². The number of hydrogen-bond acceptors (Lipinski definition) is 3. The van der Waals surface area contributed by atoms with Gasteiger partial charge in [-0.05, 0) is 5.56 Å². The van der Waals surface area contributed by atoms with Gasteiger partial charge in [0.15, 0.2) is 0 Å². The van der Waals surface area contributed by atoms with Crippen LogP contribution in [-0.2, 0) is 9.59 Å². The van der Waals surface area contributed by atoms with Crippen LogP contribution in [0.3, 0.4) is 0 Å². The Bertz CT molecular complexity index is 587. The van der Waals surface area contributed by atoms with Gasteiger partial charge in [0, 0.05) is 19.3 Å². The zero-order chi connectivity index (χ0) is 15.1. The van der Waals surface area contributed by atoms with E-state index in [9.17, 15) is 9.59 Å². The lowest BCUT2D eigenvalue weighted by Crippen LogP contribution is -2.28. The van der Waals surface area contributed by atoms with Crippen molar-refractivity contribution < 1.29 is 9.59 Å². The summed E-state index contributed by atoms with van der Waals surface area (Å²) in [5, 5.41) is 8.31. The van der Waals surface area contributed by atoms with Crippen LogP contribution in [0.4, 0.5) is 0 Å². The molecule has 5 nitrogen and oxygen atoms in total. The summed E-state index contributed by atoms with van der Waals surface area (Å²) in [6.07, 6.45) is 6.05. The summed E-state index contributed by atoms with van der Waals surface area (Å²) in [6.45, 7) is 0.752. The molecule has 1 aliphatic heterocycles. The fraction of sp³-hybridized carbons (Fsp3) is 0.312. The lowest BCUT2D eigenvalue weighted by atomic mass is 10.1. The van der Waals surface area contributed by atoms with Crippen molar-refractivity contribution in [1.29, 1.82) is 0 Å². The fourth-order valence-corrected chi connectivity index (χ4v) is 2.06. The molecule has 0 saturated carbocycles. The molecule has 0 spiro atoms. The Kier molecular flexibility index (Phi) is 5.10. The molecular weight excluding hydrogens is 266 g/mol. The van der Waals surface area contributed by atoms with E-state index in [2.05, 4.69) is 16.3 Å². The molecule has 0 bridgehead atoms. The maximum atomic E-state index is 12.0. The van der Waals surface area contributed by atoms with Crippen molar-refractivity contribution in [1.82, 2.24) is 10.3 Å². The molecule has 1 aromatic carbocycles. The third-order valence-corrected chi connectivity index (χ3v) is 3.15. The molecule has 1 N–H and O–H groups in total. The van der Waals surface area contributed by atoms with Crippen LogP contribution in [0.1, 0.15) is 24.8 Å². The van der Waals surface area contributed by atoms with Gasteiger partial charge >= 0.3 is 0 Å². The minimum Gasteiger partial charge on any atom is -0.345 e. The molecule has 2 rings (SSSR count). The third kappa shape index (κ3) is 4.18. The highest BCUT2D eigenvalue weighted by Crippen LogP contribution is 2.14. The molecule has 21 heavy (non-hydrogen) atoms. The van der Waals surface area contributed by atoms with Crippen LogP contribution in [0.2, 0.25) is 0 Å². The van der Waals surface area contributed by atoms with Crippen LogP contribution in [0, 0.1) is 12.3 Å². The van der Waals surface area contributed by atoms with Gasteiger partial charge in [-0.25, -0.2) is 5.01 Å². The number of hydrogen-bond donors (Lipinski definition) is 1. The highest BCUT2D eigenvalue weighted by atomic mass is 16.2. The number of benzene rings is 1. The standard InChI is InChI=1S/C16H17N3O2/c1-2-11-17-15(20)8-9-16(21)19-12-10-14(18-19)13-6-4-3-5-7-13/h1,3-7H,8-12H2,(H,17,20). The first-order chi connectivity index (χ1) is 10.2. The smallest absolute Gasteiger partial charge is 0.243 e. The molecule has 1 aliphatic rings. The Balaban J connectivity index is 1.86. The summed E-state index contributed by atoms with van der Waals surface area (Å²) < 4.78 is 0. The monoisotopic (exact) mass is 283 g/mol. The molecule has 0 radical (unpaired) electrons. The predicted octanol–water partition coefficient (Wildman–Crippen LogP) is 1.15. The maximum absolute atomic E-state index is 12.0. The van der Waals surface area contributed by atoms with Crippen LogP contribution in [-0.4, -0.2) is 35.6 Å². The maximum Gasteiger partial charge on any atom is 0.243 e. The van der Waals surface area contributed by atoms with E-state index in [4.69, 9.17) is 6.42 Å². The number of carbonyl (C=O) groups is 2. The molecule has 0 fully saturated rings. The molecule has 0 atom stereocenters. The molecule has 1 heterocycles. The largest absolute Gasteiger partial charge is 0.345 e. The van der Waals surface area contributed by atoms with Crippen molar-refractivity contribution >= 4 is 17.5 Å². The SMILES string of the molecule is C#CCNC(=O)CCC(=O)N1CCC(c2ccccc2)=N1. The van der Waals surface area contributed by atoms with Crippen molar-refractivity contribution in [3.63, 3.8) is 0 Å². The van der Waals surface area contributed by atoms with Crippen molar-refractivity contribution in [2.75, 3.05) is 13.1 Å². The lowest BCUT2D eigenvalue weighted by Gasteiger charge is -2.10. The summed E-state index contributed by atoms with van der Waals surface area (Å²) in [7, 11) is 0. The van der Waals surface area contributed by atoms with Gasteiger partial charge in [0.25, 0.3) is 0 Å². The Morgan fingerprint density at radius 2 is 2.05 bits per heavy atom. The Morgan fingerprint density at radius 3 is 2.76 bits per heavy atom. The van der Waals surface area contributed by atoms with Crippen LogP contribution in [0.15, 0.2) is 35.4 Å². The second kappa shape index (κ2) is 7.25. The van der Waals surface area contributed by atoms with Gasteiger partial charge in [-0.1, -0.05) is 36.3 Å².